The van der Waals surface area contributed by atoms with Crippen LogP contribution >= 0.6 is 34.7 Å². The first kappa shape index (κ1) is 17.7. The minimum atomic E-state index is -0.204. The van der Waals surface area contributed by atoms with Crippen LogP contribution in [-0.4, -0.2) is 22.9 Å². The summed E-state index contributed by atoms with van der Waals surface area (Å²) in [4.78, 5) is 16.3. The number of allylic oxidation sites excluding steroid dienone is 1. The van der Waals surface area contributed by atoms with Crippen LogP contribution in [0.3, 0.4) is 0 Å². The fraction of sp³-hybridized carbons (Fsp3) is 0.0556. The highest BCUT2D eigenvalue weighted by Crippen LogP contribution is 2.28. The summed E-state index contributed by atoms with van der Waals surface area (Å²) >= 11 is 9.03. The van der Waals surface area contributed by atoms with Crippen LogP contribution in [0.4, 0.5) is 0 Å². The number of fused-ring (bicyclic) bond motifs is 1. The van der Waals surface area contributed by atoms with Gasteiger partial charge in [0.1, 0.15) is 0 Å². The third-order valence-electron chi connectivity index (χ3n) is 3.08. The van der Waals surface area contributed by atoms with Gasteiger partial charge in [-0.25, -0.2) is 10.4 Å². The Bertz CT molecular complexity index is 889. The molecule has 0 atom stereocenters. The Morgan fingerprint density at radius 3 is 2.76 bits per heavy atom. The zero-order valence-corrected chi connectivity index (χ0v) is 15.4. The summed E-state index contributed by atoms with van der Waals surface area (Å²) in [6.07, 6.45) is 3.18. The Hall–Kier alpha value is -2.15. The van der Waals surface area contributed by atoms with Crippen LogP contribution < -0.4 is 5.43 Å². The third-order valence-corrected chi connectivity index (χ3v) is 5.47. The number of nitrogens with zero attached hydrogens (tertiary/aromatic N) is 2. The molecule has 1 amide bonds. The summed E-state index contributed by atoms with van der Waals surface area (Å²) in [6, 6.07) is 17.6. The second kappa shape index (κ2) is 8.80. The van der Waals surface area contributed by atoms with E-state index >= 15 is 0 Å². The van der Waals surface area contributed by atoms with Crippen LogP contribution in [0, 0.1) is 0 Å². The number of thiazole rings is 1. The molecule has 0 unspecified atom stereocenters. The maximum Gasteiger partial charge on any atom is 0.250 e. The first-order valence-corrected chi connectivity index (χ1v) is 9.61. The molecule has 0 radical (unpaired) electrons. The van der Waals surface area contributed by atoms with Gasteiger partial charge in [-0.05, 0) is 23.8 Å². The molecule has 126 valence electrons. The normalized spacial score (nSPS) is 12.0. The van der Waals surface area contributed by atoms with Crippen LogP contribution in [0.25, 0.3) is 16.3 Å². The molecule has 3 aromatic rings. The molecule has 25 heavy (non-hydrogen) atoms. The number of benzene rings is 2. The van der Waals surface area contributed by atoms with Gasteiger partial charge in [-0.15, -0.1) is 11.3 Å². The minimum absolute atomic E-state index is 0.204. The molecule has 0 bridgehead atoms. The first-order valence-electron chi connectivity index (χ1n) is 7.43. The zero-order chi connectivity index (χ0) is 17.5. The second-order valence-electron chi connectivity index (χ2n) is 4.97. The number of amides is 1. The predicted molar refractivity (Wildman–Crippen MR) is 107 cm³/mol. The molecule has 1 aromatic heterocycles. The van der Waals surface area contributed by atoms with Gasteiger partial charge in [-0.2, -0.15) is 5.10 Å². The van der Waals surface area contributed by atoms with Crippen molar-refractivity contribution in [1.29, 1.82) is 0 Å². The van der Waals surface area contributed by atoms with Gasteiger partial charge in [0.15, 0.2) is 4.34 Å². The standard InChI is InChI=1S/C18H14ClN3OS2/c19-14(10-13-6-2-1-3-7-13)11-20-22-17(23)12-24-18-21-15-8-4-5-9-16(15)25-18/h1-11H,12H2,(H,22,23)/b14-10-,20-11-. The topological polar surface area (TPSA) is 54.4 Å². The number of carbonyl (C=O) groups is 1. The highest BCUT2D eigenvalue weighted by Gasteiger charge is 2.06. The van der Waals surface area contributed by atoms with Gasteiger partial charge in [-0.3, -0.25) is 4.79 Å². The van der Waals surface area contributed by atoms with Gasteiger partial charge in [0.05, 0.1) is 27.2 Å². The Morgan fingerprint density at radius 2 is 1.96 bits per heavy atom. The number of carbonyl (C=O) groups excluding carboxylic acids is 1. The van der Waals surface area contributed by atoms with Gasteiger partial charge in [-0.1, -0.05) is 65.8 Å². The highest BCUT2D eigenvalue weighted by molar-refractivity contribution is 8.01. The van der Waals surface area contributed by atoms with E-state index in [1.54, 1.807) is 17.4 Å². The van der Waals surface area contributed by atoms with E-state index in [0.29, 0.717) is 5.03 Å². The zero-order valence-electron chi connectivity index (χ0n) is 13.1. The number of para-hydroxylation sites is 1. The summed E-state index contributed by atoms with van der Waals surface area (Å²) in [7, 11) is 0. The smallest absolute Gasteiger partial charge is 0.250 e. The number of hydrazone groups is 1. The molecule has 0 aliphatic heterocycles. The number of hydrogen-bond acceptors (Lipinski definition) is 5. The fourth-order valence-electron chi connectivity index (χ4n) is 1.98. The monoisotopic (exact) mass is 387 g/mol. The number of nitrogens with one attached hydrogen (secondary N) is 1. The van der Waals surface area contributed by atoms with E-state index in [2.05, 4.69) is 15.5 Å². The van der Waals surface area contributed by atoms with E-state index in [4.69, 9.17) is 11.6 Å². The number of rotatable bonds is 6. The van der Waals surface area contributed by atoms with Crippen molar-refractivity contribution in [1.82, 2.24) is 10.4 Å². The number of thioether (sulfide) groups is 1. The molecule has 1 heterocycles. The summed E-state index contributed by atoms with van der Waals surface area (Å²) < 4.78 is 1.98. The predicted octanol–water partition coefficient (Wildman–Crippen LogP) is 4.77. The molecule has 0 saturated carbocycles. The van der Waals surface area contributed by atoms with Crippen molar-refractivity contribution in [3.05, 3.63) is 65.2 Å². The highest BCUT2D eigenvalue weighted by atomic mass is 35.5. The lowest BCUT2D eigenvalue weighted by molar-refractivity contribution is -0.118. The molecule has 0 aliphatic rings. The van der Waals surface area contributed by atoms with Crippen molar-refractivity contribution in [3.8, 4) is 0 Å². The maximum absolute atomic E-state index is 11.8. The molecule has 2 aromatic carbocycles. The van der Waals surface area contributed by atoms with E-state index < -0.39 is 0 Å². The SMILES string of the molecule is O=C(CSc1nc2ccccc2s1)N/N=C\C(Cl)=C\c1ccccc1. The lowest BCUT2D eigenvalue weighted by atomic mass is 10.2. The summed E-state index contributed by atoms with van der Waals surface area (Å²) in [5.74, 6) is 0.0432. The molecular weight excluding hydrogens is 374 g/mol. The van der Waals surface area contributed by atoms with Crippen LogP contribution in [-0.2, 0) is 4.79 Å². The Labute approximate surface area is 158 Å². The van der Waals surface area contributed by atoms with Gasteiger partial charge in [0.2, 0.25) is 0 Å². The van der Waals surface area contributed by atoms with Crippen molar-refractivity contribution in [3.63, 3.8) is 0 Å². The van der Waals surface area contributed by atoms with Crippen molar-refractivity contribution in [2.75, 3.05) is 5.75 Å². The molecule has 0 fully saturated rings. The fourth-order valence-corrected chi connectivity index (χ4v) is 4.02. The van der Waals surface area contributed by atoms with Crippen LogP contribution in [0.5, 0.6) is 0 Å². The molecular formula is C18H14ClN3OS2. The summed E-state index contributed by atoms with van der Waals surface area (Å²) in [5.41, 5.74) is 4.38. The molecule has 1 N–H and O–H groups in total. The van der Waals surface area contributed by atoms with E-state index in [9.17, 15) is 4.79 Å². The average molecular weight is 388 g/mol. The van der Waals surface area contributed by atoms with Crippen LogP contribution in [0.2, 0.25) is 0 Å². The number of aromatic nitrogens is 1. The number of hydrogen-bond donors (Lipinski definition) is 1. The lowest BCUT2D eigenvalue weighted by Crippen LogP contribution is -2.19. The largest absolute Gasteiger partial charge is 0.272 e. The van der Waals surface area contributed by atoms with Gasteiger partial charge >= 0.3 is 0 Å². The van der Waals surface area contributed by atoms with E-state index in [-0.39, 0.29) is 11.7 Å². The van der Waals surface area contributed by atoms with E-state index in [1.807, 2.05) is 54.6 Å². The summed E-state index contributed by atoms with van der Waals surface area (Å²) in [5, 5.41) is 4.30. The molecule has 4 nitrogen and oxygen atoms in total. The first-order chi connectivity index (χ1) is 12.2. The Balaban J connectivity index is 1.48. The Morgan fingerprint density at radius 1 is 1.20 bits per heavy atom. The summed E-state index contributed by atoms with van der Waals surface area (Å²) in [6.45, 7) is 0. The maximum atomic E-state index is 11.8. The molecule has 3 rings (SSSR count). The van der Waals surface area contributed by atoms with Crippen molar-refractivity contribution in [2.45, 2.75) is 4.34 Å². The van der Waals surface area contributed by atoms with Gasteiger partial charge in [0, 0.05) is 0 Å². The molecule has 0 spiro atoms. The molecule has 0 saturated heterocycles. The average Bonchev–Trinajstić information content (AvgIpc) is 3.04. The molecule has 0 aliphatic carbocycles. The number of halogens is 1. The van der Waals surface area contributed by atoms with Gasteiger partial charge in [0.25, 0.3) is 5.91 Å². The van der Waals surface area contributed by atoms with E-state index in [1.165, 1.54) is 18.0 Å². The van der Waals surface area contributed by atoms with Crippen molar-refractivity contribution >= 4 is 63.1 Å². The quantitative estimate of drug-likeness (QED) is 0.376. The van der Waals surface area contributed by atoms with Crippen LogP contribution in [0.15, 0.2) is 69.1 Å². The minimum Gasteiger partial charge on any atom is -0.272 e. The van der Waals surface area contributed by atoms with Crippen molar-refractivity contribution < 1.29 is 4.79 Å². The van der Waals surface area contributed by atoms with Gasteiger partial charge < -0.3 is 0 Å². The molecule has 7 heteroatoms. The third kappa shape index (κ3) is 5.42. The Kier molecular flexibility index (Phi) is 6.22. The lowest BCUT2D eigenvalue weighted by Gasteiger charge is -1.97. The van der Waals surface area contributed by atoms with E-state index in [0.717, 1.165) is 20.1 Å². The van der Waals surface area contributed by atoms with Crippen LogP contribution in [0.1, 0.15) is 5.56 Å². The second-order valence-corrected chi connectivity index (χ2v) is 7.66. The van der Waals surface area contributed by atoms with Crippen molar-refractivity contribution in [2.24, 2.45) is 5.10 Å².